The van der Waals surface area contributed by atoms with Crippen molar-refractivity contribution in [1.82, 2.24) is 20.9 Å². The van der Waals surface area contributed by atoms with Crippen molar-refractivity contribution < 1.29 is 24.0 Å². The maximum Gasteiger partial charge on any atom is 0.289 e. The summed E-state index contributed by atoms with van der Waals surface area (Å²) in [5.74, 6) is -2.32. The maximum atomic E-state index is 13.9. The zero-order valence-electron chi connectivity index (χ0n) is 23.4. The van der Waals surface area contributed by atoms with Crippen molar-refractivity contribution in [1.29, 1.82) is 0 Å². The minimum atomic E-state index is -0.926. The molecule has 2 fully saturated rings. The van der Waals surface area contributed by atoms with Crippen LogP contribution < -0.4 is 16.0 Å². The van der Waals surface area contributed by atoms with Crippen molar-refractivity contribution >= 4 is 29.4 Å². The predicted molar refractivity (Wildman–Crippen MR) is 138 cm³/mol. The highest BCUT2D eigenvalue weighted by molar-refractivity contribution is 6.38. The van der Waals surface area contributed by atoms with E-state index in [1.807, 2.05) is 41.5 Å². The van der Waals surface area contributed by atoms with Gasteiger partial charge < -0.3 is 20.9 Å². The molecule has 1 aliphatic carbocycles. The molecule has 0 spiro atoms. The lowest BCUT2D eigenvalue weighted by molar-refractivity contribution is -0.146. The molecule has 5 atom stereocenters. The van der Waals surface area contributed by atoms with Crippen LogP contribution in [0.5, 0.6) is 0 Å². The minimum absolute atomic E-state index is 0.0441. The standard InChI is InChI=1S/C27H46N4O5/c1-14(2)19-16(5)13-31(26(36)22(27(6,7)8)30-23(33)15(3)4)20(19)24(34)29-18(12-17-10-11-17)21(32)25(35)28-9/h14-20,22H,10-13H2,1-9H3,(H,28,35)(H,29,34)(H,30,33)/t16-,18?,19-,20-,22+/m0/s1. The van der Waals surface area contributed by atoms with Gasteiger partial charge in [0.15, 0.2) is 0 Å². The summed E-state index contributed by atoms with van der Waals surface area (Å²) >= 11 is 0. The summed E-state index contributed by atoms with van der Waals surface area (Å²) in [7, 11) is 1.39. The van der Waals surface area contributed by atoms with Crippen LogP contribution in [-0.2, 0) is 24.0 Å². The lowest BCUT2D eigenvalue weighted by Crippen LogP contribution is -2.60. The fraction of sp³-hybridized carbons (Fsp3) is 0.815. The number of likely N-dealkylation sites (N-methyl/N-ethyl adjacent to an activating group) is 1. The monoisotopic (exact) mass is 506 g/mol. The number of Topliss-reactive ketones (excluding diaryl/α,β-unsaturated/α-hetero) is 1. The second kappa shape index (κ2) is 11.7. The first-order valence-electron chi connectivity index (χ1n) is 13.3. The molecule has 0 bridgehead atoms. The average Bonchev–Trinajstić information content (AvgIpc) is 3.52. The Labute approximate surface area is 215 Å². The lowest BCUT2D eigenvalue weighted by Gasteiger charge is -2.37. The van der Waals surface area contributed by atoms with Crippen molar-refractivity contribution in [2.45, 2.75) is 92.8 Å². The van der Waals surface area contributed by atoms with E-state index >= 15 is 0 Å². The quantitative estimate of drug-likeness (QED) is 0.390. The van der Waals surface area contributed by atoms with E-state index in [0.717, 1.165) is 12.8 Å². The summed E-state index contributed by atoms with van der Waals surface area (Å²) in [6, 6.07) is -2.53. The summed E-state index contributed by atoms with van der Waals surface area (Å²) in [5.41, 5.74) is -0.578. The maximum absolute atomic E-state index is 13.9. The number of carbonyl (C=O) groups is 5. The first kappa shape index (κ1) is 29.8. The normalized spacial score (nSPS) is 23.9. The summed E-state index contributed by atoms with van der Waals surface area (Å²) in [6.07, 6.45) is 2.35. The molecular weight excluding hydrogens is 460 g/mol. The molecule has 0 aromatic rings. The Balaban J connectivity index is 2.39. The SMILES string of the molecule is CNC(=O)C(=O)C(CC1CC1)NC(=O)[C@@H]1[C@@H](C(C)C)[C@@H](C)CN1C(=O)[C@@H](NC(=O)C(C)C)C(C)(C)C. The van der Waals surface area contributed by atoms with Crippen LogP contribution in [0.15, 0.2) is 0 Å². The Morgan fingerprint density at radius 2 is 1.56 bits per heavy atom. The largest absolute Gasteiger partial charge is 0.353 e. The highest BCUT2D eigenvalue weighted by Crippen LogP contribution is 2.38. The van der Waals surface area contributed by atoms with Crippen LogP contribution in [0.25, 0.3) is 0 Å². The second-order valence-corrected chi connectivity index (χ2v) is 12.4. The number of nitrogens with zero attached hydrogens (tertiary/aromatic N) is 1. The van der Waals surface area contributed by atoms with Crippen LogP contribution in [0, 0.1) is 35.0 Å². The van der Waals surface area contributed by atoms with E-state index in [9.17, 15) is 24.0 Å². The summed E-state index contributed by atoms with van der Waals surface area (Å²) in [5, 5.41) is 8.10. The molecule has 0 aromatic heterocycles. The third-order valence-corrected chi connectivity index (χ3v) is 7.44. The molecule has 1 saturated heterocycles. The Bertz CT molecular complexity index is 859. The van der Waals surface area contributed by atoms with Gasteiger partial charge in [0, 0.05) is 19.5 Å². The zero-order valence-corrected chi connectivity index (χ0v) is 23.4. The number of likely N-dealkylation sites (tertiary alicyclic amines) is 1. The number of rotatable bonds is 10. The van der Waals surface area contributed by atoms with Gasteiger partial charge in [0.05, 0.1) is 6.04 Å². The van der Waals surface area contributed by atoms with E-state index in [0.29, 0.717) is 18.9 Å². The molecule has 3 N–H and O–H groups in total. The molecule has 0 aromatic carbocycles. The number of hydrogen-bond donors (Lipinski definition) is 3. The van der Waals surface area contributed by atoms with Gasteiger partial charge in [-0.2, -0.15) is 0 Å². The van der Waals surface area contributed by atoms with E-state index in [2.05, 4.69) is 16.0 Å². The average molecular weight is 507 g/mol. The van der Waals surface area contributed by atoms with E-state index < -0.39 is 41.1 Å². The predicted octanol–water partition coefficient (Wildman–Crippen LogP) is 1.89. The van der Waals surface area contributed by atoms with Crippen molar-refractivity contribution in [2.75, 3.05) is 13.6 Å². The second-order valence-electron chi connectivity index (χ2n) is 12.4. The summed E-state index contributed by atoms with van der Waals surface area (Å²) in [6.45, 7) is 15.6. The van der Waals surface area contributed by atoms with E-state index in [1.54, 1.807) is 18.7 Å². The molecule has 1 heterocycles. The molecule has 2 aliphatic rings. The molecule has 36 heavy (non-hydrogen) atoms. The van der Waals surface area contributed by atoms with Gasteiger partial charge in [-0.25, -0.2) is 0 Å². The third kappa shape index (κ3) is 7.07. The van der Waals surface area contributed by atoms with Gasteiger partial charge in [-0.05, 0) is 35.5 Å². The fourth-order valence-electron chi connectivity index (χ4n) is 5.21. The zero-order chi connectivity index (χ0) is 27.5. The van der Waals surface area contributed by atoms with Crippen molar-refractivity contribution in [3.05, 3.63) is 0 Å². The Morgan fingerprint density at radius 1 is 0.972 bits per heavy atom. The van der Waals surface area contributed by atoms with E-state index in [-0.39, 0.29) is 35.5 Å². The van der Waals surface area contributed by atoms with E-state index in [4.69, 9.17) is 0 Å². The van der Waals surface area contributed by atoms with Gasteiger partial charge in [-0.3, -0.25) is 24.0 Å². The molecule has 1 aliphatic heterocycles. The van der Waals surface area contributed by atoms with Gasteiger partial charge >= 0.3 is 0 Å². The van der Waals surface area contributed by atoms with E-state index in [1.165, 1.54) is 7.05 Å². The highest BCUT2D eigenvalue weighted by Gasteiger charge is 2.50. The smallest absolute Gasteiger partial charge is 0.289 e. The molecule has 204 valence electrons. The van der Waals surface area contributed by atoms with Crippen LogP contribution in [0.1, 0.15) is 74.7 Å². The van der Waals surface area contributed by atoms with Crippen LogP contribution >= 0.6 is 0 Å². The number of nitrogens with one attached hydrogen (secondary N) is 3. The van der Waals surface area contributed by atoms with Crippen LogP contribution in [-0.4, -0.2) is 66.0 Å². The van der Waals surface area contributed by atoms with Crippen molar-refractivity contribution in [3.63, 3.8) is 0 Å². The summed E-state index contributed by atoms with van der Waals surface area (Å²) in [4.78, 5) is 66.7. The fourth-order valence-corrected chi connectivity index (χ4v) is 5.21. The number of carbonyl (C=O) groups excluding carboxylic acids is 5. The van der Waals surface area contributed by atoms with Gasteiger partial charge in [-0.1, -0.05) is 68.2 Å². The number of hydrogen-bond acceptors (Lipinski definition) is 5. The van der Waals surface area contributed by atoms with Crippen LogP contribution in [0.4, 0.5) is 0 Å². The Hall–Kier alpha value is -2.45. The van der Waals surface area contributed by atoms with Crippen LogP contribution in [0.3, 0.4) is 0 Å². The molecular formula is C27H46N4O5. The van der Waals surface area contributed by atoms with Crippen LogP contribution in [0.2, 0.25) is 0 Å². The number of amides is 4. The van der Waals surface area contributed by atoms with Gasteiger partial charge in [0.25, 0.3) is 5.91 Å². The molecule has 9 heteroatoms. The third-order valence-electron chi connectivity index (χ3n) is 7.44. The van der Waals surface area contributed by atoms with Gasteiger partial charge in [0.2, 0.25) is 23.5 Å². The molecule has 9 nitrogen and oxygen atoms in total. The Kier molecular flexibility index (Phi) is 9.71. The van der Waals surface area contributed by atoms with Crippen molar-refractivity contribution in [2.24, 2.45) is 35.0 Å². The molecule has 4 amide bonds. The number of ketones is 1. The lowest BCUT2D eigenvalue weighted by atomic mass is 9.81. The minimum Gasteiger partial charge on any atom is -0.353 e. The molecule has 2 rings (SSSR count). The summed E-state index contributed by atoms with van der Waals surface area (Å²) < 4.78 is 0. The molecule has 1 unspecified atom stereocenters. The van der Waals surface area contributed by atoms with Gasteiger partial charge in [-0.15, -0.1) is 0 Å². The highest BCUT2D eigenvalue weighted by atomic mass is 16.2. The first-order valence-corrected chi connectivity index (χ1v) is 13.3. The molecule has 0 radical (unpaired) electrons. The van der Waals surface area contributed by atoms with Crippen molar-refractivity contribution in [3.8, 4) is 0 Å². The van der Waals surface area contributed by atoms with Gasteiger partial charge in [0.1, 0.15) is 12.1 Å². The topological polar surface area (TPSA) is 125 Å². The first-order chi connectivity index (χ1) is 16.6. The molecule has 1 saturated carbocycles. The Morgan fingerprint density at radius 3 is 2.00 bits per heavy atom.